The molecule has 0 spiro atoms. The zero-order valence-corrected chi connectivity index (χ0v) is 16.7. The van der Waals surface area contributed by atoms with Crippen LogP contribution in [-0.4, -0.2) is 56.7 Å². The smallest absolute Gasteiger partial charge is 0.326 e. The minimum atomic E-state index is -3.30. The summed E-state index contributed by atoms with van der Waals surface area (Å²) in [6, 6.07) is 4.10. The van der Waals surface area contributed by atoms with Gasteiger partial charge in [0.15, 0.2) is 11.5 Å². The Balaban J connectivity index is 2.63. The van der Waals surface area contributed by atoms with Crippen LogP contribution >= 0.6 is 0 Å². The number of benzene rings is 1. The fraction of sp³-hybridized carbons (Fsp3) is 0.556. The van der Waals surface area contributed by atoms with Gasteiger partial charge in [-0.05, 0) is 37.5 Å². The molecular formula is C18H27NO7S. The van der Waals surface area contributed by atoms with Crippen molar-refractivity contribution in [3.05, 3.63) is 23.8 Å². The maximum Gasteiger partial charge on any atom is 0.326 e. The highest BCUT2D eigenvalue weighted by atomic mass is 32.2. The highest BCUT2D eigenvalue weighted by Gasteiger charge is 2.22. The molecule has 0 bridgehead atoms. The molecule has 1 amide bonds. The molecule has 0 radical (unpaired) electrons. The zero-order valence-electron chi connectivity index (χ0n) is 15.9. The molecule has 0 saturated heterocycles. The molecule has 1 aromatic rings. The van der Waals surface area contributed by atoms with Crippen LogP contribution in [0, 0.1) is 0 Å². The lowest BCUT2D eigenvalue weighted by atomic mass is 10.1. The van der Waals surface area contributed by atoms with E-state index in [1.165, 1.54) is 14.0 Å². The number of ether oxygens (including phenoxy) is 2. The third-order valence-electron chi connectivity index (χ3n) is 3.96. The van der Waals surface area contributed by atoms with Crippen molar-refractivity contribution in [3.8, 4) is 11.5 Å². The lowest BCUT2D eigenvalue weighted by Gasteiger charge is -2.15. The van der Waals surface area contributed by atoms with Crippen LogP contribution in [0.5, 0.6) is 11.5 Å². The van der Waals surface area contributed by atoms with Crippen molar-refractivity contribution in [2.75, 3.05) is 25.2 Å². The molecule has 0 aliphatic carbocycles. The Kier molecular flexibility index (Phi) is 9.07. The van der Waals surface area contributed by atoms with Gasteiger partial charge in [0.2, 0.25) is 5.91 Å². The second-order valence-corrected chi connectivity index (χ2v) is 8.37. The molecule has 152 valence electrons. The summed E-state index contributed by atoms with van der Waals surface area (Å²) in [5.74, 6) is -0.885. The average Bonchev–Trinajstić information content (AvgIpc) is 2.64. The number of sulfone groups is 1. The van der Waals surface area contributed by atoms with E-state index < -0.39 is 27.8 Å². The predicted octanol–water partition coefficient (Wildman–Crippen LogP) is 1.42. The first-order valence-electron chi connectivity index (χ1n) is 8.74. The lowest BCUT2D eigenvalue weighted by molar-refractivity contribution is -0.141. The number of carboxylic acids is 1. The summed E-state index contributed by atoms with van der Waals surface area (Å²) in [5, 5.41) is 11.6. The highest BCUT2D eigenvalue weighted by Crippen LogP contribution is 2.28. The van der Waals surface area contributed by atoms with E-state index in [0.29, 0.717) is 24.5 Å². The van der Waals surface area contributed by atoms with Crippen molar-refractivity contribution < 1.29 is 32.6 Å². The molecule has 27 heavy (non-hydrogen) atoms. The van der Waals surface area contributed by atoms with Crippen LogP contribution in [-0.2, 0) is 25.8 Å². The molecule has 0 heterocycles. The third-order valence-corrected chi connectivity index (χ3v) is 5.70. The fourth-order valence-corrected chi connectivity index (χ4v) is 3.25. The number of carboxylic acid groups (broad SMARTS) is 1. The molecule has 0 aliphatic heterocycles. The van der Waals surface area contributed by atoms with Gasteiger partial charge in [-0.2, -0.15) is 0 Å². The number of aliphatic carboxylic acids is 1. The summed E-state index contributed by atoms with van der Waals surface area (Å²) in [6.45, 7) is 3.86. The van der Waals surface area contributed by atoms with E-state index in [9.17, 15) is 23.1 Å². The van der Waals surface area contributed by atoms with E-state index in [1.54, 1.807) is 12.1 Å². The summed E-state index contributed by atoms with van der Waals surface area (Å²) in [7, 11) is -1.77. The van der Waals surface area contributed by atoms with Crippen molar-refractivity contribution in [1.82, 2.24) is 5.32 Å². The number of hydrogen-bond donors (Lipinski definition) is 2. The van der Waals surface area contributed by atoms with Crippen molar-refractivity contribution in [1.29, 1.82) is 0 Å². The van der Waals surface area contributed by atoms with Gasteiger partial charge in [-0.1, -0.05) is 13.0 Å². The summed E-state index contributed by atoms with van der Waals surface area (Å²) >= 11 is 0. The number of methoxy groups -OCH3 is 1. The number of carbonyl (C=O) groups excluding carboxylic acids is 1. The van der Waals surface area contributed by atoms with Crippen LogP contribution in [0.2, 0.25) is 0 Å². The summed E-state index contributed by atoms with van der Waals surface area (Å²) in [4.78, 5) is 23.3. The molecule has 1 aromatic carbocycles. The minimum Gasteiger partial charge on any atom is -0.493 e. The third kappa shape index (κ3) is 7.86. The number of nitrogens with one attached hydrogen (secondary N) is 1. The molecule has 0 aliphatic rings. The van der Waals surface area contributed by atoms with Gasteiger partial charge in [0.25, 0.3) is 0 Å². The van der Waals surface area contributed by atoms with Gasteiger partial charge in [-0.3, -0.25) is 4.79 Å². The van der Waals surface area contributed by atoms with Crippen molar-refractivity contribution >= 4 is 21.7 Å². The van der Waals surface area contributed by atoms with Crippen LogP contribution < -0.4 is 14.8 Å². The molecule has 1 atom stereocenters. The highest BCUT2D eigenvalue weighted by molar-refractivity contribution is 7.91. The van der Waals surface area contributed by atoms with E-state index >= 15 is 0 Å². The number of amides is 1. The van der Waals surface area contributed by atoms with Crippen LogP contribution in [0.1, 0.15) is 32.3 Å². The molecule has 0 aromatic heterocycles. The Morgan fingerprint density at radius 2 is 1.93 bits per heavy atom. The van der Waals surface area contributed by atoms with E-state index in [0.717, 1.165) is 5.56 Å². The molecule has 0 saturated carbocycles. The Hall–Kier alpha value is -2.29. The maximum absolute atomic E-state index is 12.1. The SMILES string of the molecule is CCOc1ccc(CCC(=O)NC(CCS(=O)(=O)CC)C(=O)O)cc1OC. The van der Waals surface area contributed by atoms with Gasteiger partial charge in [0, 0.05) is 12.2 Å². The number of rotatable bonds is 12. The van der Waals surface area contributed by atoms with Gasteiger partial charge >= 0.3 is 5.97 Å². The first-order valence-corrected chi connectivity index (χ1v) is 10.6. The van der Waals surface area contributed by atoms with Gasteiger partial charge < -0.3 is 19.9 Å². The average molecular weight is 401 g/mol. The monoisotopic (exact) mass is 401 g/mol. The van der Waals surface area contributed by atoms with Crippen molar-refractivity contribution in [3.63, 3.8) is 0 Å². The van der Waals surface area contributed by atoms with E-state index in [-0.39, 0.29) is 24.3 Å². The summed E-state index contributed by atoms with van der Waals surface area (Å²) in [6.07, 6.45) is 0.295. The van der Waals surface area contributed by atoms with Gasteiger partial charge in [-0.15, -0.1) is 0 Å². The Morgan fingerprint density at radius 1 is 1.22 bits per heavy atom. The van der Waals surface area contributed by atoms with Crippen LogP contribution in [0.3, 0.4) is 0 Å². The first-order chi connectivity index (χ1) is 12.7. The maximum atomic E-state index is 12.1. The zero-order chi connectivity index (χ0) is 20.4. The summed E-state index contributed by atoms with van der Waals surface area (Å²) in [5.41, 5.74) is 0.839. The van der Waals surface area contributed by atoms with Crippen LogP contribution in [0.25, 0.3) is 0 Å². The van der Waals surface area contributed by atoms with Gasteiger partial charge in [-0.25, -0.2) is 13.2 Å². The van der Waals surface area contributed by atoms with E-state index in [1.807, 2.05) is 13.0 Å². The quantitative estimate of drug-likeness (QED) is 0.544. The molecule has 0 fully saturated rings. The lowest BCUT2D eigenvalue weighted by Crippen LogP contribution is -2.42. The number of carbonyl (C=O) groups is 2. The Bertz CT molecular complexity index is 746. The first kappa shape index (κ1) is 22.8. The van der Waals surface area contributed by atoms with E-state index in [2.05, 4.69) is 5.32 Å². The minimum absolute atomic E-state index is 0.0626. The molecule has 1 rings (SSSR count). The largest absolute Gasteiger partial charge is 0.493 e. The molecular weight excluding hydrogens is 374 g/mol. The van der Waals surface area contributed by atoms with Crippen LogP contribution in [0.15, 0.2) is 18.2 Å². The van der Waals surface area contributed by atoms with Crippen LogP contribution in [0.4, 0.5) is 0 Å². The van der Waals surface area contributed by atoms with E-state index in [4.69, 9.17) is 9.47 Å². The van der Waals surface area contributed by atoms with Crippen molar-refractivity contribution in [2.45, 2.75) is 39.2 Å². The molecule has 9 heteroatoms. The topological polar surface area (TPSA) is 119 Å². The van der Waals surface area contributed by atoms with Gasteiger partial charge in [0.05, 0.1) is 19.5 Å². The summed E-state index contributed by atoms with van der Waals surface area (Å²) < 4.78 is 33.7. The normalized spacial score (nSPS) is 12.3. The Morgan fingerprint density at radius 3 is 2.48 bits per heavy atom. The second-order valence-electron chi connectivity index (χ2n) is 5.90. The van der Waals surface area contributed by atoms with Gasteiger partial charge in [0.1, 0.15) is 15.9 Å². The molecule has 8 nitrogen and oxygen atoms in total. The second kappa shape index (κ2) is 10.8. The van der Waals surface area contributed by atoms with Crippen molar-refractivity contribution in [2.24, 2.45) is 0 Å². The predicted molar refractivity (Wildman–Crippen MR) is 101 cm³/mol. The number of hydrogen-bond acceptors (Lipinski definition) is 6. The fourth-order valence-electron chi connectivity index (χ4n) is 2.37. The molecule has 1 unspecified atom stereocenters. The Labute approximate surface area is 159 Å². The standard InChI is InChI=1S/C18H27NO7S/c1-4-26-15-8-6-13(12-16(15)25-3)7-9-17(20)19-14(18(21)22)10-11-27(23,24)5-2/h6,8,12,14H,4-5,7,9-11H2,1-3H3,(H,19,20)(H,21,22). The molecule has 2 N–H and O–H groups in total. The number of aryl methyl sites for hydroxylation is 1.